The number of hydrogen-bond donors (Lipinski definition) is 0. The fraction of sp³-hybridized carbons (Fsp3) is 0.727. The second kappa shape index (κ2) is 2.17. The smallest absolute Gasteiger partial charge is 0.173 e. The van der Waals surface area contributed by atoms with E-state index >= 15 is 0 Å². The molecule has 2 atom stereocenters. The van der Waals surface area contributed by atoms with Gasteiger partial charge in [-0.1, -0.05) is 20.4 Å². The van der Waals surface area contributed by atoms with Crippen molar-refractivity contribution in [3.63, 3.8) is 0 Å². The molecule has 0 aromatic heterocycles. The maximum absolute atomic E-state index is 11.6. The van der Waals surface area contributed by atoms with E-state index in [1.54, 1.807) is 6.92 Å². The van der Waals surface area contributed by atoms with Gasteiger partial charge in [0.1, 0.15) is 0 Å². The van der Waals surface area contributed by atoms with E-state index < -0.39 is 5.60 Å². The summed E-state index contributed by atoms with van der Waals surface area (Å²) in [6.07, 6.45) is 1.91. The van der Waals surface area contributed by atoms with Gasteiger partial charge in [0.15, 0.2) is 11.4 Å². The molecule has 0 aromatic rings. The summed E-state index contributed by atoms with van der Waals surface area (Å²) in [5, 5.41) is 0. The molecule has 0 aromatic carbocycles. The van der Waals surface area contributed by atoms with E-state index in [2.05, 4.69) is 20.4 Å². The van der Waals surface area contributed by atoms with Crippen LogP contribution >= 0.6 is 0 Å². The molecule has 1 aliphatic carbocycles. The summed E-state index contributed by atoms with van der Waals surface area (Å²) in [5.74, 6) is 1.33. The van der Waals surface area contributed by atoms with Crippen molar-refractivity contribution in [1.29, 1.82) is 0 Å². The number of carbonyl (C=O) groups excluding carboxylic acids is 1. The molecule has 2 fully saturated rings. The lowest BCUT2D eigenvalue weighted by atomic mass is 9.73. The summed E-state index contributed by atoms with van der Waals surface area (Å²) in [6, 6.07) is 0. The summed E-state index contributed by atoms with van der Waals surface area (Å²) in [7, 11) is 0. The number of carbonyl (C=O) groups is 1. The Morgan fingerprint density at radius 3 is 2.46 bits per heavy atom. The van der Waals surface area contributed by atoms with Crippen molar-refractivity contribution >= 4 is 5.78 Å². The van der Waals surface area contributed by atoms with E-state index in [0.29, 0.717) is 5.92 Å². The molecular weight excluding hydrogens is 164 g/mol. The van der Waals surface area contributed by atoms with E-state index in [1.807, 2.05) is 0 Å². The average molecular weight is 180 g/mol. The SMILES string of the molecule is C=C1OC2(C(C)=O)CCC1C2(C)C. The van der Waals surface area contributed by atoms with Crippen molar-refractivity contribution in [2.24, 2.45) is 11.3 Å². The van der Waals surface area contributed by atoms with Crippen molar-refractivity contribution in [2.75, 3.05) is 0 Å². The third-order valence-electron chi connectivity index (χ3n) is 3.96. The molecule has 0 N–H and O–H groups in total. The van der Waals surface area contributed by atoms with Crippen molar-refractivity contribution in [1.82, 2.24) is 0 Å². The van der Waals surface area contributed by atoms with Crippen LogP contribution in [0.2, 0.25) is 0 Å². The maximum atomic E-state index is 11.6. The van der Waals surface area contributed by atoms with Gasteiger partial charge in [0, 0.05) is 11.3 Å². The van der Waals surface area contributed by atoms with Crippen LogP contribution in [0.25, 0.3) is 0 Å². The first-order valence-corrected chi connectivity index (χ1v) is 4.81. The van der Waals surface area contributed by atoms with E-state index in [0.717, 1.165) is 18.6 Å². The Morgan fingerprint density at radius 1 is 1.62 bits per heavy atom. The molecule has 2 aliphatic rings. The first-order valence-electron chi connectivity index (χ1n) is 4.81. The molecule has 13 heavy (non-hydrogen) atoms. The minimum absolute atomic E-state index is 0.0596. The van der Waals surface area contributed by atoms with Crippen LogP contribution in [-0.2, 0) is 9.53 Å². The van der Waals surface area contributed by atoms with Crippen LogP contribution in [0.3, 0.4) is 0 Å². The molecule has 0 spiro atoms. The molecule has 2 rings (SSSR count). The zero-order chi connectivity index (χ0) is 9.85. The van der Waals surface area contributed by atoms with Crippen LogP contribution in [0, 0.1) is 11.3 Å². The van der Waals surface area contributed by atoms with E-state index in [-0.39, 0.29) is 11.2 Å². The van der Waals surface area contributed by atoms with E-state index in [4.69, 9.17) is 4.74 Å². The van der Waals surface area contributed by atoms with Crippen molar-refractivity contribution in [3.05, 3.63) is 12.3 Å². The van der Waals surface area contributed by atoms with Crippen molar-refractivity contribution in [2.45, 2.75) is 39.2 Å². The van der Waals surface area contributed by atoms with Crippen molar-refractivity contribution < 1.29 is 9.53 Å². The predicted octanol–water partition coefficient (Wildman–Crippen LogP) is 2.29. The highest BCUT2D eigenvalue weighted by molar-refractivity contribution is 5.87. The van der Waals surface area contributed by atoms with Gasteiger partial charge in [-0.3, -0.25) is 4.79 Å². The van der Waals surface area contributed by atoms with Crippen LogP contribution in [0.1, 0.15) is 33.6 Å². The Bertz CT molecular complexity index is 290. The molecule has 0 amide bonds. The number of allylic oxidation sites excluding steroid dienone is 1. The Balaban J connectivity index is 2.51. The Morgan fingerprint density at radius 2 is 2.23 bits per heavy atom. The summed E-state index contributed by atoms with van der Waals surface area (Å²) in [4.78, 5) is 11.6. The average Bonchev–Trinajstić information content (AvgIpc) is 2.35. The second-order valence-electron chi connectivity index (χ2n) is 4.76. The van der Waals surface area contributed by atoms with Gasteiger partial charge >= 0.3 is 0 Å². The second-order valence-corrected chi connectivity index (χ2v) is 4.76. The van der Waals surface area contributed by atoms with Crippen LogP contribution in [-0.4, -0.2) is 11.4 Å². The molecule has 2 bridgehead atoms. The van der Waals surface area contributed by atoms with Crippen LogP contribution in [0.5, 0.6) is 0 Å². The normalized spacial score (nSPS) is 40.5. The summed E-state index contributed by atoms with van der Waals surface area (Å²) < 4.78 is 5.68. The van der Waals surface area contributed by atoms with Gasteiger partial charge in [-0.25, -0.2) is 0 Å². The highest BCUT2D eigenvalue weighted by atomic mass is 16.5. The minimum Gasteiger partial charge on any atom is -0.484 e. The van der Waals surface area contributed by atoms with Gasteiger partial charge in [-0.15, -0.1) is 0 Å². The number of rotatable bonds is 1. The largest absolute Gasteiger partial charge is 0.484 e. The summed E-state index contributed by atoms with van der Waals surface area (Å²) >= 11 is 0. The standard InChI is InChI=1S/C11H16O2/c1-7-9-5-6-11(13-7,8(2)12)10(9,3)4/h9H,1,5-6H2,2-4H3. The third-order valence-corrected chi connectivity index (χ3v) is 3.96. The quantitative estimate of drug-likeness (QED) is 0.619. The molecule has 72 valence electrons. The van der Waals surface area contributed by atoms with Crippen LogP contribution in [0.4, 0.5) is 0 Å². The maximum Gasteiger partial charge on any atom is 0.173 e. The van der Waals surface area contributed by atoms with Gasteiger partial charge in [-0.05, 0) is 19.8 Å². The zero-order valence-corrected chi connectivity index (χ0v) is 8.52. The molecule has 1 saturated carbocycles. The van der Waals surface area contributed by atoms with Gasteiger partial charge in [0.2, 0.25) is 0 Å². The summed E-state index contributed by atoms with van der Waals surface area (Å²) in [5.41, 5.74) is -0.620. The number of ketones is 1. The van der Waals surface area contributed by atoms with Crippen molar-refractivity contribution in [3.8, 4) is 0 Å². The monoisotopic (exact) mass is 180 g/mol. The lowest BCUT2D eigenvalue weighted by molar-refractivity contribution is -0.141. The van der Waals surface area contributed by atoms with Crippen LogP contribution in [0.15, 0.2) is 12.3 Å². The van der Waals surface area contributed by atoms with Gasteiger partial charge in [0.25, 0.3) is 0 Å². The number of fused-ring (bicyclic) bond motifs is 2. The van der Waals surface area contributed by atoms with Gasteiger partial charge < -0.3 is 4.74 Å². The van der Waals surface area contributed by atoms with E-state index in [1.165, 1.54) is 0 Å². The first-order chi connectivity index (χ1) is 5.92. The summed E-state index contributed by atoms with van der Waals surface area (Å²) in [6.45, 7) is 9.74. The molecule has 2 unspecified atom stereocenters. The fourth-order valence-electron chi connectivity index (χ4n) is 3.05. The topological polar surface area (TPSA) is 26.3 Å². The number of Topliss-reactive ketones (excluding diaryl/α,β-unsaturated/α-hetero) is 1. The molecule has 2 heteroatoms. The zero-order valence-electron chi connectivity index (χ0n) is 8.52. The minimum atomic E-state index is -0.561. The Labute approximate surface area is 79.0 Å². The predicted molar refractivity (Wildman–Crippen MR) is 50.1 cm³/mol. The van der Waals surface area contributed by atoms with Gasteiger partial charge in [-0.2, -0.15) is 0 Å². The van der Waals surface area contributed by atoms with Crippen LogP contribution < -0.4 is 0 Å². The van der Waals surface area contributed by atoms with E-state index in [9.17, 15) is 4.79 Å². The number of hydrogen-bond acceptors (Lipinski definition) is 2. The molecule has 1 saturated heterocycles. The molecule has 0 radical (unpaired) electrons. The third kappa shape index (κ3) is 0.767. The molecule has 1 heterocycles. The Hall–Kier alpha value is -0.790. The fourth-order valence-corrected chi connectivity index (χ4v) is 3.05. The highest BCUT2D eigenvalue weighted by Crippen LogP contribution is 2.61. The first kappa shape index (κ1) is 8.79. The highest BCUT2D eigenvalue weighted by Gasteiger charge is 2.65. The van der Waals surface area contributed by atoms with Gasteiger partial charge in [0.05, 0.1) is 5.76 Å². The molecule has 2 nitrogen and oxygen atoms in total. The lowest BCUT2D eigenvalue weighted by Gasteiger charge is -2.33. The molecular formula is C11H16O2. The Kier molecular flexibility index (Phi) is 1.47. The lowest BCUT2D eigenvalue weighted by Crippen LogP contribution is -2.45. The molecule has 1 aliphatic heterocycles. The number of ether oxygens (including phenoxy) is 1.